The molecular weight excluding hydrogens is 366 g/mol. The second-order valence-electron chi connectivity index (χ2n) is 6.06. The molecule has 0 bridgehead atoms. The molecule has 2 aromatic carbocycles. The number of hydrogen-bond donors (Lipinski definition) is 2. The lowest BCUT2D eigenvalue weighted by Gasteiger charge is -2.21. The Bertz CT molecular complexity index is 821. The fourth-order valence-electron chi connectivity index (χ4n) is 2.53. The van der Waals surface area contributed by atoms with E-state index in [2.05, 4.69) is 10.6 Å². The summed E-state index contributed by atoms with van der Waals surface area (Å²) in [5.74, 6) is -0.530. The van der Waals surface area contributed by atoms with E-state index in [1.165, 1.54) is 18.7 Å². The van der Waals surface area contributed by atoms with Crippen LogP contribution in [0.15, 0.2) is 48.5 Å². The van der Waals surface area contributed by atoms with E-state index in [-0.39, 0.29) is 30.7 Å². The van der Waals surface area contributed by atoms with E-state index in [0.29, 0.717) is 22.9 Å². The molecule has 0 aromatic heterocycles. The number of carbonyl (C=O) groups is 3. The highest BCUT2D eigenvalue weighted by Crippen LogP contribution is 2.20. The van der Waals surface area contributed by atoms with E-state index in [9.17, 15) is 14.4 Å². The Balaban J connectivity index is 1.94. The van der Waals surface area contributed by atoms with Crippen LogP contribution < -0.4 is 15.5 Å². The highest BCUT2D eigenvalue weighted by atomic mass is 35.5. The number of benzene rings is 2. The standard InChI is InChI=1S/C20H22ClN3O3/c1-14(25)23-18-4-3-5-19(12-18)24(15(2)26)11-10-20(27)22-13-16-6-8-17(21)9-7-16/h3-9,12H,10-11,13H2,1-2H3,(H,22,27)(H,23,25). The van der Waals surface area contributed by atoms with Crippen molar-refractivity contribution in [3.63, 3.8) is 0 Å². The van der Waals surface area contributed by atoms with Crippen molar-refractivity contribution in [3.05, 3.63) is 59.1 Å². The molecule has 6 nitrogen and oxygen atoms in total. The van der Waals surface area contributed by atoms with E-state index in [0.717, 1.165) is 5.56 Å². The highest BCUT2D eigenvalue weighted by molar-refractivity contribution is 6.30. The molecule has 2 rings (SSSR count). The van der Waals surface area contributed by atoms with Crippen molar-refractivity contribution in [3.8, 4) is 0 Å². The molecule has 0 fully saturated rings. The number of halogens is 1. The molecule has 2 aromatic rings. The maximum Gasteiger partial charge on any atom is 0.223 e. The van der Waals surface area contributed by atoms with Crippen LogP contribution in [0.25, 0.3) is 0 Å². The number of nitrogens with one attached hydrogen (secondary N) is 2. The molecule has 0 unspecified atom stereocenters. The fraction of sp³-hybridized carbons (Fsp3) is 0.250. The van der Waals surface area contributed by atoms with Crippen LogP contribution in [-0.4, -0.2) is 24.3 Å². The van der Waals surface area contributed by atoms with Gasteiger partial charge in [-0.3, -0.25) is 14.4 Å². The van der Waals surface area contributed by atoms with Gasteiger partial charge in [-0.2, -0.15) is 0 Å². The van der Waals surface area contributed by atoms with Crippen LogP contribution in [0.3, 0.4) is 0 Å². The van der Waals surface area contributed by atoms with Gasteiger partial charge in [-0.1, -0.05) is 29.8 Å². The van der Waals surface area contributed by atoms with Crippen molar-refractivity contribution in [1.29, 1.82) is 0 Å². The van der Waals surface area contributed by atoms with E-state index >= 15 is 0 Å². The van der Waals surface area contributed by atoms with Gasteiger partial charge in [0.25, 0.3) is 0 Å². The molecular formula is C20H22ClN3O3. The van der Waals surface area contributed by atoms with Crippen LogP contribution in [0.2, 0.25) is 5.02 Å². The predicted molar refractivity (Wildman–Crippen MR) is 107 cm³/mol. The third kappa shape index (κ3) is 6.75. The summed E-state index contributed by atoms with van der Waals surface area (Å²) in [6.45, 7) is 3.50. The minimum Gasteiger partial charge on any atom is -0.352 e. The van der Waals surface area contributed by atoms with Crippen LogP contribution in [-0.2, 0) is 20.9 Å². The first-order valence-electron chi connectivity index (χ1n) is 8.52. The number of nitrogens with zero attached hydrogens (tertiary/aromatic N) is 1. The van der Waals surface area contributed by atoms with E-state index < -0.39 is 0 Å². The van der Waals surface area contributed by atoms with Gasteiger partial charge in [-0.05, 0) is 35.9 Å². The number of hydrogen-bond acceptors (Lipinski definition) is 3. The lowest BCUT2D eigenvalue weighted by atomic mass is 10.2. The summed E-state index contributed by atoms with van der Waals surface area (Å²) in [6, 6.07) is 14.2. The number of amides is 3. The van der Waals surface area contributed by atoms with Crippen molar-refractivity contribution in [1.82, 2.24) is 5.32 Å². The second-order valence-corrected chi connectivity index (χ2v) is 6.49. The molecule has 142 valence electrons. The normalized spacial score (nSPS) is 10.2. The van der Waals surface area contributed by atoms with Crippen molar-refractivity contribution < 1.29 is 14.4 Å². The first-order chi connectivity index (χ1) is 12.8. The Labute approximate surface area is 163 Å². The zero-order valence-electron chi connectivity index (χ0n) is 15.3. The van der Waals surface area contributed by atoms with Crippen LogP contribution >= 0.6 is 11.6 Å². The van der Waals surface area contributed by atoms with Crippen LogP contribution in [0, 0.1) is 0 Å². The third-order valence-electron chi connectivity index (χ3n) is 3.82. The van der Waals surface area contributed by atoms with Gasteiger partial charge < -0.3 is 15.5 Å². The Morgan fingerprint density at radius 1 is 1.04 bits per heavy atom. The number of carbonyl (C=O) groups excluding carboxylic acids is 3. The molecule has 0 radical (unpaired) electrons. The van der Waals surface area contributed by atoms with Crippen LogP contribution in [0.4, 0.5) is 11.4 Å². The van der Waals surface area contributed by atoms with Gasteiger partial charge in [-0.15, -0.1) is 0 Å². The summed E-state index contributed by atoms with van der Waals surface area (Å²) in [6.07, 6.45) is 0.164. The van der Waals surface area contributed by atoms with Crippen molar-refractivity contribution in [2.45, 2.75) is 26.8 Å². The van der Waals surface area contributed by atoms with E-state index in [4.69, 9.17) is 11.6 Å². The van der Waals surface area contributed by atoms with Gasteiger partial charge in [0.15, 0.2) is 0 Å². The topological polar surface area (TPSA) is 78.5 Å². The third-order valence-corrected chi connectivity index (χ3v) is 4.08. The predicted octanol–water partition coefficient (Wildman–Crippen LogP) is 3.36. The monoisotopic (exact) mass is 387 g/mol. The number of anilines is 2. The summed E-state index contributed by atoms with van der Waals surface area (Å²) in [5, 5.41) is 6.15. The molecule has 27 heavy (non-hydrogen) atoms. The average Bonchev–Trinajstić information content (AvgIpc) is 2.61. The summed E-state index contributed by atoms with van der Waals surface area (Å²) >= 11 is 5.84. The quantitative estimate of drug-likeness (QED) is 0.764. The van der Waals surface area contributed by atoms with Crippen molar-refractivity contribution in [2.75, 3.05) is 16.8 Å². The van der Waals surface area contributed by atoms with Gasteiger partial charge in [0.2, 0.25) is 17.7 Å². The molecule has 0 heterocycles. The van der Waals surface area contributed by atoms with Gasteiger partial charge in [-0.25, -0.2) is 0 Å². The van der Waals surface area contributed by atoms with Crippen LogP contribution in [0.1, 0.15) is 25.8 Å². The molecule has 0 saturated carbocycles. The van der Waals surface area contributed by atoms with Crippen LogP contribution in [0.5, 0.6) is 0 Å². The Morgan fingerprint density at radius 3 is 2.37 bits per heavy atom. The second kappa shape index (κ2) is 9.73. The summed E-state index contributed by atoms with van der Waals surface area (Å²) in [7, 11) is 0. The maximum absolute atomic E-state index is 12.1. The largest absolute Gasteiger partial charge is 0.352 e. The molecule has 0 saturated heterocycles. The summed E-state index contributed by atoms with van der Waals surface area (Å²) in [4.78, 5) is 36.8. The summed E-state index contributed by atoms with van der Waals surface area (Å²) in [5.41, 5.74) is 2.16. The minimum atomic E-state index is -0.192. The van der Waals surface area contributed by atoms with E-state index in [1.807, 2.05) is 12.1 Å². The Hall–Kier alpha value is -2.86. The van der Waals surface area contributed by atoms with Gasteiger partial charge >= 0.3 is 0 Å². The van der Waals surface area contributed by atoms with Gasteiger partial charge in [0, 0.05) is 49.8 Å². The van der Waals surface area contributed by atoms with Gasteiger partial charge in [0.05, 0.1) is 0 Å². The van der Waals surface area contributed by atoms with Crippen molar-refractivity contribution in [2.24, 2.45) is 0 Å². The average molecular weight is 388 g/mol. The molecule has 2 N–H and O–H groups in total. The first-order valence-corrected chi connectivity index (χ1v) is 8.90. The first kappa shape index (κ1) is 20.5. The highest BCUT2D eigenvalue weighted by Gasteiger charge is 2.14. The number of rotatable bonds is 7. The lowest BCUT2D eigenvalue weighted by molar-refractivity contribution is -0.121. The smallest absolute Gasteiger partial charge is 0.223 e. The Kier molecular flexibility index (Phi) is 7.37. The summed E-state index contributed by atoms with van der Waals surface area (Å²) < 4.78 is 0. The zero-order chi connectivity index (χ0) is 19.8. The van der Waals surface area contributed by atoms with E-state index in [1.54, 1.807) is 36.4 Å². The molecule has 0 aliphatic heterocycles. The zero-order valence-corrected chi connectivity index (χ0v) is 16.0. The molecule has 0 aliphatic rings. The van der Waals surface area contributed by atoms with Gasteiger partial charge in [0.1, 0.15) is 0 Å². The SMILES string of the molecule is CC(=O)Nc1cccc(N(CCC(=O)NCc2ccc(Cl)cc2)C(C)=O)c1. The molecule has 0 spiro atoms. The Morgan fingerprint density at radius 2 is 1.74 bits per heavy atom. The maximum atomic E-state index is 12.1. The minimum absolute atomic E-state index is 0.158. The molecule has 0 aliphatic carbocycles. The fourth-order valence-corrected chi connectivity index (χ4v) is 2.65. The lowest BCUT2D eigenvalue weighted by Crippen LogP contribution is -2.33. The molecule has 7 heteroatoms. The van der Waals surface area contributed by atoms with Crippen molar-refractivity contribution >= 4 is 40.7 Å². The molecule has 0 atom stereocenters. The molecule has 3 amide bonds.